The molecule has 0 fully saturated rings. The second kappa shape index (κ2) is 5.39. The predicted octanol–water partition coefficient (Wildman–Crippen LogP) is 2.88. The van der Waals surface area contributed by atoms with E-state index in [0.717, 1.165) is 11.3 Å². The van der Waals surface area contributed by atoms with Gasteiger partial charge in [0, 0.05) is 5.57 Å². The molecule has 15 heavy (non-hydrogen) atoms. The van der Waals surface area contributed by atoms with Gasteiger partial charge in [-0.3, -0.25) is 4.79 Å². The first-order chi connectivity index (χ1) is 7.20. The zero-order valence-corrected chi connectivity index (χ0v) is 9.32. The van der Waals surface area contributed by atoms with Crippen LogP contribution in [0.15, 0.2) is 28.9 Å². The Morgan fingerprint density at radius 3 is 2.87 bits per heavy atom. The fourth-order valence-corrected chi connectivity index (χ4v) is 1.44. The van der Waals surface area contributed by atoms with Crippen LogP contribution in [-0.4, -0.2) is 12.6 Å². The molecular weight excluding hydrogens is 192 g/mol. The summed E-state index contributed by atoms with van der Waals surface area (Å²) in [5.41, 5.74) is 0.860. The van der Waals surface area contributed by atoms with Gasteiger partial charge in [0.15, 0.2) is 0 Å². The van der Waals surface area contributed by atoms with Crippen LogP contribution in [0.5, 0.6) is 0 Å². The fourth-order valence-electron chi connectivity index (χ4n) is 1.44. The Balaban J connectivity index is 2.81. The lowest BCUT2D eigenvalue weighted by Crippen LogP contribution is -2.16. The predicted molar refractivity (Wildman–Crippen MR) is 58.2 cm³/mol. The molecule has 1 heterocycles. The molecule has 1 aromatic heterocycles. The summed E-state index contributed by atoms with van der Waals surface area (Å²) in [7, 11) is 0. The van der Waals surface area contributed by atoms with Gasteiger partial charge in [0.1, 0.15) is 5.76 Å². The van der Waals surface area contributed by atoms with Crippen LogP contribution in [0.4, 0.5) is 0 Å². The molecule has 1 rings (SSSR count). The topological polar surface area (TPSA) is 39.4 Å². The monoisotopic (exact) mass is 208 g/mol. The molecule has 0 radical (unpaired) electrons. The third kappa shape index (κ3) is 2.72. The first-order valence-electron chi connectivity index (χ1n) is 5.07. The molecule has 0 aliphatic heterocycles. The van der Waals surface area contributed by atoms with Gasteiger partial charge in [0.2, 0.25) is 0 Å². The summed E-state index contributed by atoms with van der Waals surface area (Å²) in [6.07, 6.45) is 3.47. The summed E-state index contributed by atoms with van der Waals surface area (Å²) in [6.45, 7) is 5.90. The molecule has 82 valence electrons. The van der Waals surface area contributed by atoms with Crippen LogP contribution in [0.1, 0.15) is 26.5 Å². The Kier molecular flexibility index (Phi) is 4.16. The Hall–Kier alpha value is -1.51. The molecule has 3 nitrogen and oxygen atoms in total. The number of esters is 1. The van der Waals surface area contributed by atoms with E-state index in [0.29, 0.717) is 6.61 Å². The van der Waals surface area contributed by atoms with Gasteiger partial charge >= 0.3 is 5.97 Å². The Bertz CT molecular complexity index is 336. The largest absolute Gasteiger partial charge is 0.466 e. The van der Waals surface area contributed by atoms with E-state index in [4.69, 9.17) is 9.15 Å². The average molecular weight is 208 g/mol. The molecule has 0 aromatic carbocycles. The van der Waals surface area contributed by atoms with Crippen LogP contribution >= 0.6 is 0 Å². The molecule has 0 saturated heterocycles. The van der Waals surface area contributed by atoms with E-state index in [9.17, 15) is 4.79 Å². The van der Waals surface area contributed by atoms with Gasteiger partial charge in [-0.25, -0.2) is 0 Å². The van der Waals surface area contributed by atoms with Crippen LogP contribution in [0, 0.1) is 5.92 Å². The van der Waals surface area contributed by atoms with E-state index < -0.39 is 0 Å². The number of furan rings is 1. The van der Waals surface area contributed by atoms with Crippen molar-refractivity contribution < 1.29 is 13.9 Å². The third-order valence-corrected chi connectivity index (χ3v) is 2.22. The average Bonchev–Trinajstić information content (AvgIpc) is 2.72. The van der Waals surface area contributed by atoms with Crippen LogP contribution < -0.4 is 0 Å². The van der Waals surface area contributed by atoms with Crippen molar-refractivity contribution in [2.24, 2.45) is 5.92 Å². The van der Waals surface area contributed by atoms with E-state index in [1.54, 1.807) is 19.3 Å². The lowest BCUT2D eigenvalue weighted by Gasteiger charge is -2.12. The second-order valence-electron chi connectivity index (χ2n) is 3.20. The lowest BCUT2D eigenvalue weighted by molar-refractivity contribution is -0.145. The number of allylic oxidation sites excluding steroid dienone is 1. The molecule has 0 bridgehead atoms. The van der Waals surface area contributed by atoms with Crippen molar-refractivity contribution in [3.8, 4) is 0 Å². The van der Waals surface area contributed by atoms with Crippen LogP contribution in [-0.2, 0) is 9.53 Å². The molecule has 1 aromatic rings. The summed E-state index contributed by atoms with van der Waals surface area (Å²) in [4.78, 5) is 11.5. The van der Waals surface area contributed by atoms with E-state index in [2.05, 4.69) is 0 Å². The highest BCUT2D eigenvalue weighted by atomic mass is 16.5. The van der Waals surface area contributed by atoms with E-state index in [1.807, 2.05) is 26.0 Å². The van der Waals surface area contributed by atoms with Crippen molar-refractivity contribution in [2.45, 2.75) is 20.8 Å². The maximum absolute atomic E-state index is 11.5. The maximum atomic E-state index is 11.5. The van der Waals surface area contributed by atoms with Crippen molar-refractivity contribution in [1.29, 1.82) is 0 Å². The van der Waals surface area contributed by atoms with Crippen molar-refractivity contribution in [3.63, 3.8) is 0 Å². The number of ether oxygens (including phenoxy) is 1. The summed E-state index contributed by atoms with van der Waals surface area (Å²) < 4.78 is 10.2. The van der Waals surface area contributed by atoms with Crippen LogP contribution in [0.3, 0.4) is 0 Å². The first kappa shape index (κ1) is 11.6. The van der Waals surface area contributed by atoms with Gasteiger partial charge in [-0.05, 0) is 32.9 Å². The highest BCUT2D eigenvalue weighted by molar-refractivity contribution is 5.86. The highest BCUT2D eigenvalue weighted by Gasteiger charge is 2.21. The van der Waals surface area contributed by atoms with Crippen LogP contribution in [0.2, 0.25) is 0 Å². The zero-order valence-electron chi connectivity index (χ0n) is 9.32. The molecule has 3 heteroatoms. The molecule has 0 aliphatic carbocycles. The molecule has 0 amide bonds. The number of hydrogen-bond acceptors (Lipinski definition) is 3. The van der Waals surface area contributed by atoms with E-state index in [-0.39, 0.29) is 11.9 Å². The van der Waals surface area contributed by atoms with E-state index in [1.165, 1.54) is 0 Å². The summed E-state index contributed by atoms with van der Waals surface area (Å²) in [6, 6.07) is 3.64. The Labute approximate surface area is 89.7 Å². The highest BCUT2D eigenvalue weighted by Crippen LogP contribution is 2.24. The molecule has 0 N–H and O–H groups in total. The summed E-state index contributed by atoms with van der Waals surface area (Å²) in [5.74, 6) is 0.209. The maximum Gasteiger partial charge on any atom is 0.313 e. The van der Waals surface area contributed by atoms with E-state index >= 15 is 0 Å². The van der Waals surface area contributed by atoms with Crippen molar-refractivity contribution in [1.82, 2.24) is 0 Å². The number of carbonyl (C=O) groups is 1. The van der Waals surface area contributed by atoms with Gasteiger partial charge < -0.3 is 9.15 Å². The lowest BCUT2D eigenvalue weighted by atomic mass is 9.99. The molecule has 1 atom stereocenters. The van der Waals surface area contributed by atoms with Crippen molar-refractivity contribution in [3.05, 3.63) is 30.2 Å². The molecular formula is C12H16O3. The summed E-state index contributed by atoms with van der Waals surface area (Å²) in [5, 5.41) is 0. The van der Waals surface area contributed by atoms with Crippen molar-refractivity contribution in [2.75, 3.05) is 6.61 Å². The number of carbonyl (C=O) groups excluding carboxylic acids is 1. The minimum Gasteiger partial charge on any atom is -0.466 e. The van der Waals surface area contributed by atoms with Gasteiger partial charge in [-0.15, -0.1) is 0 Å². The molecule has 1 unspecified atom stereocenters. The van der Waals surface area contributed by atoms with Crippen LogP contribution in [0.25, 0.3) is 5.57 Å². The molecule has 0 spiro atoms. The zero-order chi connectivity index (χ0) is 11.3. The minimum atomic E-state index is -0.291. The smallest absolute Gasteiger partial charge is 0.313 e. The fraction of sp³-hybridized carbons (Fsp3) is 0.417. The molecule has 0 saturated carbocycles. The minimum absolute atomic E-state index is 0.220. The molecule has 0 aliphatic rings. The van der Waals surface area contributed by atoms with Gasteiger partial charge in [-0.1, -0.05) is 6.08 Å². The van der Waals surface area contributed by atoms with Gasteiger partial charge in [0.25, 0.3) is 0 Å². The third-order valence-electron chi connectivity index (χ3n) is 2.22. The van der Waals surface area contributed by atoms with Gasteiger partial charge in [0.05, 0.1) is 18.8 Å². The standard InChI is InChI=1S/C12H16O3/c1-4-10(11-7-6-8-15-11)9(3)12(13)14-5-2/h4,6-9H,5H2,1-3H3/b10-4-. The first-order valence-corrected chi connectivity index (χ1v) is 5.07. The quantitative estimate of drug-likeness (QED) is 0.714. The Morgan fingerprint density at radius 1 is 1.67 bits per heavy atom. The SMILES string of the molecule is C/C=C(\c1ccco1)C(C)C(=O)OCC. The second-order valence-corrected chi connectivity index (χ2v) is 3.20. The Morgan fingerprint density at radius 2 is 2.40 bits per heavy atom. The number of rotatable bonds is 4. The normalized spacial score (nSPS) is 13.7. The van der Waals surface area contributed by atoms with Gasteiger partial charge in [-0.2, -0.15) is 0 Å². The summed E-state index contributed by atoms with van der Waals surface area (Å²) >= 11 is 0. The van der Waals surface area contributed by atoms with Crippen molar-refractivity contribution >= 4 is 11.5 Å². The number of hydrogen-bond donors (Lipinski definition) is 0.